The summed E-state index contributed by atoms with van der Waals surface area (Å²) >= 11 is 3.31. The summed E-state index contributed by atoms with van der Waals surface area (Å²) in [6, 6.07) is 3.20. The lowest BCUT2D eigenvalue weighted by Crippen LogP contribution is -2.18. The van der Waals surface area contributed by atoms with E-state index in [0.29, 0.717) is 18.3 Å². The number of hydrogen-bond acceptors (Lipinski definition) is 4. The molecule has 2 heterocycles. The van der Waals surface area contributed by atoms with Crippen LogP contribution in [-0.4, -0.2) is 14.7 Å². The van der Waals surface area contributed by atoms with Crippen molar-refractivity contribution in [3.05, 3.63) is 44.9 Å². The molecule has 0 atom stereocenters. The lowest BCUT2D eigenvalue weighted by molar-refractivity contribution is 0.364. The van der Waals surface area contributed by atoms with Crippen LogP contribution in [0.3, 0.4) is 0 Å². The first-order chi connectivity index (χ1) is 8.19. The summed E-state index contributed by atoms with van der Waals surface area (Å²) in [5.74, 6) is 1.14. The first-order valence-electron chi connectivity index (χ1n) is 5.36. The first-order valence-corrected chi connectivity index (χ1v) is 6.16. The summed E-state index contributed by atoms with van der Waals surface area (Å²) < 4.78 is 7.44. The Kier molecular flexibility index (Phi) is 3.73. The van der Waals surface area contributed by atoms with Crippen LogP contribution in [0, 0.1) is 0 Å². The summed E-state index contributed by atoms with van der Waals surface area (Å²) in [6.45, 7) is 2.35. The van der Waals surface area contributed by atoms with E-state index in [-0.39, 0.29) is 5.56 Å². The second-order valence-corrected chi connectivity index (χ2v) is 4.58. The van der Waals surface area contributed by atoms with Crippen molar-refractivity contribution in [3.63, 3.8) is 0 Å². The zero-order valence-electron chi connectivity index (χ0n) is 9.39. The van der Waals surface area contributed by atoms with Crippen LogP contribution in [0.5, 0.6) is 0 Å². The smallest absolute Gasteiger partial charge is 0.251 e. The zero-order chi connectivity index (χ0) is 12.3. The van der Waals surface area contributed by atoms with Gasteiger partial charge < -0.3 is 9.09 Å². The van der Waals surface area contributed by atoms with Crippen molar-refractivity contribution >= 4 is 15.9 Å². The molecule has 0 saturated carbocycles. The van der Waals surface area contributed by atoms with E-state index in [9.17, 15) is 4.79 Å². The molecule has 0 amide bonds. The number of aryl methyl sites for hydroxylation is 1. The number of aromatic nitrogens is 3. The molecule has 90 valence electrons. The topological polar surface area (TPSA) is 60.9 Å². The minimum atomic E-state index is -0.0940. The van der Waals surface area contributed by atoms with Gasteiger partial charge in [-0.3, -0.25) is 4.79 Å². The summed E-state index contributed by atoms with van der Waals surface area (Å²) in [5.41, 5.74) is -0.0940. The molecule has 0 aromatic carbocycles. The van der Waals surface area contributed by atoms with E-state index in [1.165, 1.54) is 10.6 Å². The Morgan fingerprint density at radius 2 is 2.29 bits per heavy atom. The number of nitrogens with zero attached hydrogens (tertiary/aromatic N) is 3. The predicted molar refractivity (Wildman–Crippen MR) is 65.8 cm³/mol. The molecule has 0 saturated heterocycles. The van der Waals surface area contributed by atoms with Gasteiger partial charge in [-0.25, -0.2) is 0 Å². The van der Waals surface area contributed by atoms with Crippen LogP contribution in [0.2, 0.25) is 0 Å². The van der Waals surface area contributed by atoms with Crippen molar-refractivity contribution in [2.75, 3.05) is 0 Å². The summed E-state index contributed by atoms with van der Waals surface area (Å²) in [6.07, 6.45) is 3.46. The lowest BCUT2D eigenvalue weighted by Gasteiger charge is -2.01. The molecule has 2 rings (SSSR count). The highest BCUT2D eigenvalue weighted by atomic mass is 79.9. The van der Waals surface area contributed by atoms with Crippen LogP contribution in [0.15, 0.2) is 32.1 Å². The third-order valence-corrected chi connectivity index (χ3v) is 2.71. The van der Waals surface area contributed by atoms with E-state index in [1.54, 1.807) is 12.3 Å². The van der Waals surface area contributed by atoms with Gasteiger partial charge in [-0.2, -0.15) is 4.98 Å². The van der Waals surface area contributed by atoms with E-state index in [4.69, 9.17) is 4.52 Å². The zero-order valence-corrected chi connectivity index (χ0v) is 11.0. The summed E-state index contributed by atoms with van der Waals surface area (Å²) in [4.78, 5) is 15.8. The maximum Gasteiger partial charge on any atom is 0.251 e. The Labute approximate surface area is 107 Å². The van der Waals surface area contributed by atoms with Crippen LogP contribution in [0.1, 0.15) is 25.1 Å². The molecule has 2 aromatic rings. The Hall–Kier alpha value is -1.43. The van der Waals surface area contributed by atoms with E-state index in [1.807, 2.05) is 0 Å². The van der Waals surface area contributed by atoms with E-state index in [0.717, 1.165) is 17.3 Å². The molecule has 0 aliphatic carbocycles. The van der Waals surface area contributed by atoms with Crippen LogP contribution in [-0.2, 0) is 13.0 Å². The van der Waals surface area contributed by atoms with Gasteiger partial charge in [0.05, 0.1) is 0 Å². The van der Waals surface area contributed by atoms with E-state index >= 15 is 0 Å². The van der Waals surface area contributed by atoms with Crippen molar-refractivity contribution in [2.45, 2.75) is 26.3 Å². The molecule has 0 aliphatic heterocycles. The lowest BCUT2D eigenvalue weighted by atomic mass is 10.3. The van der Waals surface area contributed by atoms with Gasteiger partial charge in [0.15, 0.2) is 5.82 Å². The van der Waals surface area contributed by atoms with Crippen LogP contribution >= 0.6 is 15.9 Å². The van der Waals surface area contributed by atoms with Crippen molar-refractivity contribution in [3.8, 4) is 0 Å². The van der Waals surface area contributed by atoms with Crippen LogP contribution < -0.4 is 5.56 Å². The van der Waals surface area contributed by atoms with Gasteiger partial charge in [0.25, 0.3) is 5.56 Å². The Bertz CT molecular complexity index is 562. The molecule has 17 heavy (non-hydrogen) atoms. The largest absolute Gasteiger partial charge is 0.337 e. The number of halogens is 1. The van der Waals surface area contributed by atoms with Crippen molar-refractivity contribution in [1.29, 1.82) is 0 Å². The maximum absolute atomic E-state index is 11.6. The van der Waals surface area contributed by atoms with Crippen molar-refractivity contribution < 1.29 is 4.52 Å². The third-order valence-electron chi connectivity index (χ3n) is 2.24. The van der Waals surface area contributed by atoms with Gasteiger partial charge in [-0.05, 0) is 28.4 Å². The fourth-order valence-electron chi connectivity index (χ4n) is 1.45. The van der Waals surface area contributed by atoms with Gasteiger partial charge in [0.2, 0.25) is 5.89 Å². The molecule has 5 nitrogen and oxygen atoms in total. The Balaban J connectivity index is 2.19. The molecular formula is C11H12BrN3O2. The van der Waals surface area contributed by atoms with Crippen LogP contribution in [0.25, 0.3) is 0 Å². The molecule has 6 heteroatoms. The Morgan fingerprint density at radius 1 is 1.47 bits per heavy atom. The van der Waals surface area contributed by atoms with Crippen molar-refractivity contribution in [1.82, 2.24) is 14.7 Å². The number of rotatable bonds is 4. The number of pyridine rings is 1. The fraction of sp³-hybridized carbons (Fsp3) is 0.364. The highest BCUT2D eigenvalue weighted by molar-refractivity contribution is 9.10. The minimum absolute atomic E-state index is 0.0940. The quantitative estimate of drug-likeness (QED) is 0.866. The fourth-order valence-corrected chi connectivity index (χ4v) is 1.83. The molecule has 0 bridgehead atoms. The molecule has 0 fully saturated rings. The van der Waals surface area contributed by atoms with Crippen LogP contribution in [0.4, 0.5) is 0 Å². The molecule has 0 spiro atoms. The normalized spacial score (nSPS) is 10.7. The number of hydrogen-bond donors (Lipinski definition) is 0. The second-order valence-electron chi connectivity index (χ2n) is 3.67. The van der Waals surface area contributed by atoms with Gasteiger partial charge >= 0.3 is 0 Å². The van der Waals surface area contributed by atoms with Gasteiger partial charge in [-0.15, -0.1) is 0 Å². The highest BCUT2D eigenvalue weighted by Gasteiger charge is 2.07. The SMILES string of the molecule is CCCc1noc(Cn2cc(Br)ccc2=O)n1. The monoisotopic (exact) mass is 297 g/mol. The van der Waals surface area contributed by atoms with Crippen molar-refractivity contribution in [2.24, 2.45) is 0 Å². The first kappa shape index (κ1) is 12.0. The standard InChI is InChI=1S/C11H12BrN3O2/c1-2-3-9-13-10(17-14-9)7-15-6-8(12)4-5-11(15)16/h4-6H,2-3,7H2,1H3. The average Bonchev–Trinajstić information content (AvgIpc) is 2.72. The van der Waals surface area contributed by atoms with E-state index in [2.05, 4.69) is 33.0 Å². The van der Waals surface area contributed by atoms with Gasteiger partial charge in [0.1, 0.15) is 6.54 Å². The van der Waals surface area contributed by atoms with E-state index < -0.39 is 0 Å². The second kappa shape index (κ2) is 5.27. The molecule has 0 aliphatic rings. The summed E-state index contributed by atoms with van der Waals surface area (Å²) in [5, 5.41) is 3.84. The molecule has 0 N–H and O–H groups in total. The molecule has 2 aromatic heterocycles. The molecular weight excluding hydrogens is 286 g/mol. The molecule has 0 unspecified atom stereocenters. The summed E-state index contributed by atoms with van der Waals surface area (Å²) in [7, 11) is 0. The minimum Gasteiger partial charge on any atom is -0.337 e. The Morgan fingerprint density at radius 3 is 3.06 bits per heavy atom. The molecule has 0 radical (unpaired) electrons. The van der Waals surface area contributed by atoms with Gasteiger partial charge in [0, 0.05) is 23.2 Å². The van der Waals surface area contributed by atoms with Gasteiger partial charge in [-0.1, -0.05) is 12.1 Å². The maximum atomic E-state index is 11.6. The average molecular weight is 298 g/mol. The highest BCUT2D eigenvalue weighted by Crippen LogP contribution is 2.07. The third kappa shape index (κ3) is 3.03. The predicted octanol–water partition coefficient (Wildman–Crippen LogP) is 1.99.